The van der Waals surface area contributed by atoms with Crippen LogP contribution in [0.25, 0.3) is 11.0 Å². The molecule has 2 N–H and O–H groups in total. The van der Waals surface area contributed by atoms with Crippen molar-refractivity contribution in [2.75, 3.05) is 25.5 Å². The third-order valence-electron chi connectivity index (χ3n) is 3.82. The lowest BCUT2D eigenvalue weighted by molar-refractivity contribution is 0.194. The van der Waals surface area contributed by atoms with Crippen molar-refractivity contribution in [3.05, 3.63) is 24.3 Å². The van der Waals surface area contributed by atoms with E-state index in [4.69, 9.17) is 0 Å². The SMILES string of the molecule is CN1CCCCC1CNc1nc2ccccc2[nH]1. The van der Waals surface area contributed by atoms with Gasteiger partial charge in [-0.15, -0.1) is 0 Å². The summed E-state index contributed by atoms with van der Waals surface area (Å²) in [5.41, 5.74) is 2.12. The van der Waals surface area contributed by atoms with Gasteiger partial charge in [-0.25, -0.2) is 4.98 Å². The van der Waals surface area contributed by atoms with Crippen molar-refractivity contribution in [2.24, 2.45) is 0 Å². The topological polar surface area (TPSA) is 44.0 Å². The van der Waals surface area contributed by atoms with Crippen LogP contribution in [-0.2, 0) is 0 Å². The van der Waals surface area contributed by atoms with Gasteiger partial charge in [-0.1, -0.05) is 18.6 Å². The number of anilines is 1. The molecule has 0 spiro atoms. The Kier molecular flexibility index (Phi) is 3.19. The minimum atomic E-state index is 0.631. The number of nitrogens with zero attached hydrogens (tertiary/aromatic N) is 2. The van der Waals surface area contributed by atoms with Crippen LogP contribution in [0.2, 0.25) is 0 Å². The van der Waals surface area contributed by atoms with E-state index >= 15 is 0 Å². The normalized spacial score (nSPS) is 21.3. The van der Waals surface area contributed by atoms with Crippen molar-refractivity contribution in [3.8, 4) is 0 Å². The summed E-state index contributed by atoms with van der Waals surface area (Å²) in [4.78, 5) is 10.3. The Balaban J connectivity index is 1.65. The molecule has 4 heteroatoms. The molecule has 1 aromatic heterocycles. The number of nitrogens with one attached hydrogen (secondary N) is 2. The fourth-order valence-electron chi connectivity index (χ4n) is 2.65. The molecule has 0 aliphatic carbocycles. The first-order valence-electron chi connectivity index (χ1n) is 6.72. The number of benzene rings is 1. The number of fused-ring (bicyclic) bond motifs is 1. The Morgan fingerprint density at radius 2 is 2.28 bits per heavy atom. The molecule has 2 aromatic rings. The molecule has 4 nitrogen and oxygen atoms in total. The largest absolute Gasteiger partial charge is 0.354 e. The fraction of sp³-hybridized carbons (Fsp3) is 0.500. The second-order valence-corrected chi connectivity index (χ2v) is 5.11. The minimum absolute atomic E-state index is 0.631. The van der Waals surface area contributed by atoms with E-state index < -0.39 is 0 Å². The third kappa shape index (κ3) is 2.34. The van der Waals surface area contributed by atoms with Crippen molar-refractivity contribution in [1.29, 1.82) is 0 Å². The van der Waals surface area contributed by atoms with Gasteiger partial charge in [0.15, 0.2) is 0 Å². The molecule has 3 rings (SSSR count). The van der Waals surface area contributed by atoms with Crippen LogP contribution >= 0.6 is 0 Å². The number of likely N-dealkylation sites (N-methyl/N-ethyl adjacent to an activating group) is 1. The van der Waals surface area contributed by atoms with E-state index in [9.17, 15) is 0 Å². The van der Waals surface area contributed by atoms with Gasteiger partial charge < -0.3 is 15.2 Å². The lowest BCUT2D eigenvalue weighted by Gasteiger charge is -2.32. The van der Waals surface area contributed by atoms with E-state index in [0.29, 0.717) is 6.04 Å². The number of hydrogen-bond donors (Lipinski definition) is 2. The molecule has 1 aliphatic rings. The Hall–Kier alpha value is -1.55. The summed E-state index contributed by atoms with van der Waals surface area (Å²) in [6, 6.07) is 8.76. The van der Waals surface area contributed by atoms with E-state index in [-0.39, 0.29) is 0 Å². The van der Waals surface area contributed by atoms with Crippen LogP contribution in [0.15, 0.2) is 24.3 Å². The highest BCUT2D eigenvalue weighted by atomic mass is 15.2. The van der Waals surface area contributed by atoms with Crippen molar-refractivity contribution >= 4 is 17.0 Å². The summed E-state index contributed by atoms with van der Waals surface area (Å²) >= 11 is 0. The van der Waals surface area contributed by atoms with Gasteiger partial charge in [0.25, 0.3) is 0 Å². The number of H-pyrrole nitrogens is 1. The molecule has 1 unspecified atom stereocenters. The summed E-state index contributed by atoms with van der Waals surface area (Å²) in [5, 5.41) is 3.43. The van der Waals surface area contributed by atoms with Crippen LogP contribution in [0, 0.1) is 0 Å². The van der Waals surface area contributed by atoms with Gasteiger partial charge in [-0.2, -0.15) is 0 Å². The quantitative estimate of drug-likeness (QED) is 0.871. The summed E-state index contributed by atoms with van der Waals surface area (Å²) in [6.07, 6.45) is 3.96. The summed E-state index contributed by atoms with van der Waals surface area (Å²) < 4.78 is 0. The van der Waals surface area contributed by atoms with Gasteiger partial charge in [0, 0.05) is 12.6 Å². The Morgan fingerprint density at radius 3 is 3.11 bits per heavy atom. The zero-order chi connectivity index (χ0) is 12.4. The summed E-state index contributed by atoms with van der Waals surface area (Å²) in [6.45, 7) is 2.18. The zero-order valence-electron chi connectivity index (χ0n) is 10.8. The minimum Gasteiger partial charge on any atom is -0.354 e. The third-order valence-corrected chi connectivity index (χ3v) is 3.82. The zero-order valence-corrected chi connectivity index (χ0v) is 10.8. The smallest absolute Gasteiger partial charge is 0.201 e. The Labute approximate surface area is 107 Å². The average Bonchev–Trinajstić information content (AvgIpc) is 2.80. The van der Waals surface area contributed by atoms with E-state index in [1.807, 2.05) is 18.2 Å². The van der Waals surface area contributed by atoms with Crippen LogP contribution in [0.3, 0.4) is 0 Å². The summed E-state index contributed by atoms with van der Waals surface area (Å²) in [5.74, 6) is 0.884. The number of likely N-dealkylation sites (tertiary alicyclic amines) is 1. The van der Waals surface area contributed by atoms with E-state index in [1.165, 1.54) is 25.8 Å². The van der Waals surface area contributed by atoms with Gasteiger partial charge in [0.1, 0.15) is 0 Å². The van der Waals surface area contributed by atoms with Crippen LogP contribution in [-0.4, -0.2) is 41.0 Å². The highest BCUT2D eigenvalue weighted by Crippen LogP contribution is 2.17. The van der Waals surface area contributed by atoms with Crippen LogP contribution in [0.4, 0.5) is 5.95 Å². The van der Waals surface area contributed by atoms with E-state index in [1.54, 1.807) is 0 Å². The number of imidazole rings is 1. The molecule has 96 valence electrons. The maximum Gasteiger partial charge on any atom is 0.201 e. The number of aromatic nitrogens is 2. The monoisotopic (exact) mass is 244 g/mol. The van der Waals surface area contributed by atoms with Gasteiger partial charge in [-0.3, -0.25) is 0 Å². The highest BCUT2D eigenvalue weighted by molar-refractivity contribution is 5.77. The molecule has 1 saturated heterocycles. The second kappa shape index (κ2) is 4.98. The lowest BCUT2D eigenvalue weighted by Crippen LogP contribution is -2.40. The molecule has 0 bridgehead atoms. The molecule has 1 aromatic carbocycles. The predicted molar refractivity (Wildman–Crippen MR) is 74.9 cm³/mol. The second-order valence-electron chi connectivity index (χ2n) is 5.11. The van der Waals surface area contributed by atoms with Crippen molar-refractivity contribution in [1.82, 2.24) is 14.9 Å². The molecule has 0 saturated carbocycles. The van der Waals surface area contributed by atoms with Crippen molar-refractivity contribution in [2.45, 2.75) is 25.3 Å². The van der Waals surface area contributed by atoms with Crippen LogP contribution in [0.5, 0.6) is 0 Å². The number of hydrogen-bond acceptors (Lipinski definition) is 3. The van der Waals surface area contributed by atoms with Crippen LogP contribution in [0.1, 0.15) is 19.3 Å². The lowest BCUT2D eigenvalue weighted by atomic mass is 10.0. The maximum absolute atomic E-state index is 4.54. The molecule has 0 amide bonds. The van der Waals surface area contributed by atoms with Gasteiger partial charge in [0.05, 0.1) is 11.0 Å². The molecule has 18 heavy (non-hydrogen) atoms. The molecule has 1 atom stereocenters. The number of para-hydroxylation sites is 2. The number of rotatable bonds is 3. The van der Waals surface area contributed by atoms with Gasteiger partial charge in [0.2, 0.25) is 5.95 Å². The van der Waals surface area contributed by atoms with Gasteiger partial charge >= 0.3 is 0 Å². The summed E-state index contributed by atoms with van der Waals surface area (Å²) in [7, 11) is 2.21. The van der Waals surface area contributed by atoms with E-state index in [2.05, 4.69) is 33.3 Å². The fourth-order valence-corrected chi connectivity index (χ4v) is 2.65. The highest BCUT2D eigenvalue weighted by Gasteiger charge is 2.18. The molecule has 0 radical (unpaired) electrons. The molecular weight excluding hydrogens is 224 g/mol. The predicted octanol–water partition coefficient (Wildman–Crippen LogP) is 2.46. The first-order chi connectivity index (χ1) is 8.83. The average molecular weight is 244 g/mol. The van der Waals surface area contributed by atoms with Crippen LogP contribution < -0.4 is 5.32 Å². The first-order valence-corrected chi connectivity index (χ1v) is 6.72. The Morgan fingerprint density at radius 1 is 1.39 bits per heavy atom. The first kappa shape index (κ1) is 11.5. The molecular formula is C14H20N4. The van der Waals surface area contributed by atoms with Gasteiger partial charge in [-0.05, 0) is 38.6 Å². The Bertz CT molecular complexity index is 486. The molecule has 1 aliphatic heterocycles. The number of aromatic amines is 1. The maximum atomic E-state index is 4.54. The number of piperidine rings is 1. The molecule has 1 fully saturated rings. The standard InChI is InChI=1S/C14H20N4/c1-18-9-5-4-6-11(18)10-15-14-16-12-7-2-3-8-13(12)17-14/h2-3,7-8,11H,4-6,9-10H2,1H3,(H2,15,16,17). The van der Waals surface area contributed by atoms with E-state index in [0.717, 1.165) is 23.5 Å². The molecule has 2 heterocycles. The van der Waals surface area contributed by atoms with Crippen molar-refractivity contribution < 1.29 is 0 Å². The van der Waals surface area contributed by atoms with Crippen molar-refractivity contribution in [3.63, 3.8) is 0 Å².